The van der Waals surface area contributed by atoms with E-state index in [1.165, 1.54) is 11.9 Å². The van der Waals surface area contributed by atoms with Crippen LogP contribution in [0.4, 0.5) is 17.6 Å². The molecule has 1 aromatic rings. The quantitative estimate of drug-likeness (QED) is 0.642. The van der Waals surface area contributed by atoms with Gasteiger partial charge in [0.05, 0.1) is 5.56 Å². The topological polar surface area (TPSA) is 12.0 Å². The molecule has 15 heavy (non-hydrogen) atoms. The first kappa shape index (κ1) is 12.3. The van der Waals surface area contributed by atoms with Gasteiger partial charge in [-0.25, -0.2) is 4.39 Å². The Morgan fingerprint density at radius 3 is 2.53 bits per heavy atom. The molecule has 0 aliphatic carbocycles. The van der Waals surface area contributed by atoms with Gasteiger partial charge in [0, 0.05) is 12.1 Å². The molecule has 0 saturated heterocycles. The van der Waals surface area contributed by atoms with Gasteiger partial charge in [-0.05, 0) is 24.5 Å². The normalized spacial score (nSPS) is 11.8. The molecule has 1 aromatic carbocycles. The van der Waals surface area contributed by atoms with Crippen LogP contribution in [0.1, 0.15) is 11.1 Å². The monoisotopic (exact) mass is 239 g/mol. The first-order chi connectivity index (χ1) is 6.95. The molecule has 1 nitrogen and oxygen atoms in total. The van der Waals surface area contributed by atoms with Gasteiger partial charge >= 0.3 is 6.18 Å². The Labute approximate surface area is 89.0 Å². The van der Waals surface area contributed by atoms with Crippen molar-refractivity contribution in [1.82, 2.24) is 4.72 Å². The summed E-state index contributed by atoms with van der Waals surface area (Å²) in [5, 5.41) is 0. The van der Waals surface area contributed by atoms with Crippen LogP contribution in [0.3, 0.4) is 0 Å². The number of hydrogen-bond donors (Lipinski definition) is 1. The third kappa shape index (κ3) is 3.39. The minimum Gasteiger partial charge on any atom is -0.260 e. The van der Waals surface area contributed by atoms with Crippen molar-refractivity contribution in [3.05, 3.63) is 35.1 Å². The second-order valence-corrected chi connectivity index (χ2v) is 3.53. The van der Waals surface area contributed by atoms with Gasteiger partial charge in [0.2, 0.25) is 0 Å². The predicted octanol–water partition coefficient (Wildman–Crippen LogP) is 3.21. The van der Waals surface area contributed by atoms with Crippen LogP contribution in [0.5, 0.6) is 0 Å². The van der Waals surface area contributed by atoms with Gasteiger partial charge in [0.15, 0.2) is 0 Å². The molecule has 0 radical (unpaired) electrons. The molecule has 0 aliphatic heterocycles. The third-order valence-corrected chi connectivity index (χ3v) is 2.21. The van der Waals surface area contributed by atoms with Crippen LogP contribution in [0.2, 0.25) is 0 Å². The summed E-state index contributed by atoms with van der Waals surface area (Å²) >= 11 is 1.22. The smallest absolute Gasteiger partial charge is 0.260 e. The number of rotatable bonds is 3. The van der Waals surface area contributed by atoms with E-state index >= 15 is 0 Å². The maximum atomic E-state index is 13.1. The average Bonchev–Trinajstić information content (AvgIpc) is 2.15. The van der Waals surface area contributed by atoms with Crippen LogP contribution >= 0.6 is 11.9 Å². The lowest BCUT2D eigenvalue weighted by Gasteiger charge is -2.09. The molecule has 0 spiro atoms. The fourth-order valence-electron chi connectivity index (χ4n) is 1.04. The van der Waals surface area contributed by atoms with Crippen LogP contribution in [-0.2, 0) is 12.7 Å². The number of benzene rings is 1. The zero-order chi connectivity index (χ0) is 11.5. The largest absolute Gasteiger partial charge is 0.416 e. The molecule has 1 rings (SSSR count). The van der Waals surface area contributed by atoms with Gasteiger partial charge in [0.25, 0.3) is 0 Å². The Kier molecular flexibility index (Phi) is 3.98. The van der Waals surface area contributed by atoms with Crippen molar-refractivity contribution in [2.75, 3.05) is 6.26 Å². The van der Waals surface area contributed by atoms with Gasteiger partial charge in [0.1, 0.15) is 5.82 Å². The summed E-state index contributed by atoms with van der Waals surface area (Å²) in [4.78, 5) is 0. The maximum absolute atomic E-state index is 13.1. The second kappa shape index (κ2) is 4.85. The van der Waals surface area contributed by atoms with Gasteiger partial charge in [-0.2, -0.15) is 13.2 Å². The third-order valence-electron chi connectivity index (χ3n) is 1.78. The summed E-state index contributed by atoms with van der Waals surface area (Å²) in [6.07, 6.45) is -2.71. The zero-order valence-corrected chi connectivity index (χ0v) is 8.68. The SMILES string of the molecule is CSNCc1cc(C(F)(F)F)ccc1F. The molecule has 0 bridgehead atoms. The Hall–Kier alpha value is -0.750. The molecule has 0 aliphatic rings. The molecule has 0 aromatic heterocycles. The minimum atomic E-state index is -4.43. The van der Waals surface area contributed by atoms with Crippen molar-refractivity contribution in [2.24, 2.45) is 0 Å². The van der Waals surface area contributed by atoms with Gasteiger partial charge in [-0.1, -0.05) is 11.9 Å². The van der Waals surface area contributed by atoms with Crippen molar-refractivity contribution in [2.45, 2.75) is 12.7 Å². The fraction of sp³-hybridized carbons (Fsp3) is 0.333. The Morgan fingerprint density at radius 1 is 1.33 bits per heavy atom. The number of halogens is 4. The first-order valence-corrected chi connectivity index (χ1v) is 5.29. The van der Waals surface area contributed by atoms with Gasteiger partial charge in [-0.3, -0.25) is 4.72 Å². The van der Waals surface area contributed by atoms with E-state index in [-0.39, 0.29) is 12.1 Å². The van der Waals surface area contributed by atoms with E-state index in [0.717, 1.165) is 18.2 Å². The summed E-state index contributed by atoms with van der Waals surface area (Å²) in [6, 6.07) is 2.39. The standard InChI is InChI=1S/C9H9F4NS/c1-15-14-5-6-4-7(9(11,12)13)2-3-8(6)10/h2-4,14H,5H2,1H3. The maximum Gasteiger partial charge on any atom is 0.416 e. The molecule has 6 heteroatoms. The lowest BCUT2D eigenvalue weighted by molar-refractivity contribution is -0.137. The Balaban J connectivity index is 2.95. The summed E-state index contributed by atoms with van der Waals surface area (Å²) in [5.41, 5.74) is -0.819. The van der Waals surface area contributed by atoms with Crippen molar-refractivity contribution in [3.63, 3.8) is 0 Å². The van der Waals surface area contributed by atoms with E-state index in [0.29, 0.717) is 0 Å². The van der Waals surface area contributed by atoms with Crippen LogP contribution in [-0.4, -0.2) is 6.26 Å². The summed E-state index contributed by atoms with van der Waals surface area (Å²) in [7, 11) is 0. The number of alkyl halides is 3. The molecule has 0 fully saturated rings. The molecule has 84 valence electrons. The Morgan fingerprint density at radius 2 is 2.00 bits per heavy atom. The first-order valence-electron chi connectivity index (χ1n) is 4.06. The molecular formula is C9H9F4NS. The van der Waals surface area contributed by atoms with Gasteiger partial charge in [-0.15, -0.1) is 0 Å². The van der Waals surface area contributed by atoms with Crippen molar-refractivity contribution < 1.29 is 17.6 Å². The highest BCUT2D eigenvalue weighted by atomic mass is 32.2. The van der Waals surface area contributed by atoms with Crippen LogP contribution in [0.25, 0.3) is 0 Å². The van der Waals surface area contributed by atoms with E-state index in [2.05, 4.69) is 4.72 Å². The van der Waals surface area contributed by atoms with E-state index in [1.807, 2.05) is 0 Å². The number of nitrogens with one attached hydrogen (secondary N) is 1. The second-order valence-electron chi connectivity index (χ2n) is 2.83. The van der Waals surface area contributed by atoms with Crippen LogP contribution in [0, 0.1) is 5.82 Å². The van der Waals surface area contributed by atoms with Crippen LogP contribution < -0.4 is 4.72 Å². The minimum absolute atomic E-state index is 0.0131. The molecule has 0 unspecified atom stereocenters. The fourth-order valence-corrected chi connectivity index (χ4v) is 1.34. The van der Waals surface area contributed by atoms with Crippen molar-refractivity contribution in [1.29, 1.82) is 0 Å². The lowest BCUT2D eigenvalue weighted by Crippen LogP contribution is -2.09. The van der Waals surface area contributed by atoms with Crippen LogP contribution in [0.15, 0.2) is 18.2 Å². The highest BCUT2D eigenvalue weighted by Gasteiger charge is 2.30. The lowest BCUT2D eigenvalue weighted by atomic mass is 10.1. The van der Waals surface area contributed by atoms with E-state index in [9.17, 15) is 17.6 Å². The molecule has 0 atom stereocenters. The molecular weight excluding hydrogens is 230 g/mol. The molecule has 0 saturated carbocycles. The predicted molar refractivity (Wildman–Crippen MR) is 51.8 cm³/mol. The average molecular weight is 239 g/mol. The van der Waals surface area contributed by atoms with Crippen molar-refractivity contribution in [3.8, 4) is 0 Å². The molecule has 0 amide bonds. The van der Waals surface area contributed by atoms with E-state index in [4.69, 9.17) is 0 Å². The molecule has 0 heterocycles. The van der Waals surface area contributed by atoms with E-state index < -0.39 is 17.6 Å². The highest BCUT2D eigenvalue weighted by molar-refractivity contribution is 7.96. The van der Waals surface area contributed by atoms with Crippen molar-refractivity contribution >= 4 is 11.9 Å². The zero-order valence-electron chi connectivity index (χ0n) is 7.86. The molecule has 1 N–H and O–H groups in total. The summed E-state index contributed by atoms with van der Waals surface area (Å²) < 4.78 is 52.6. The number of hydrogen-bond acceptors (Lipinski definition) is 2. The highest BCUT2D eigenvalue weighted by Crippen LogP contribution is 2.30. The summed E-state index contributed by atoms with van der Waals surface area (Å²) in [5.74, 6) is -0.635. The summed E-state index contributed by atoms with van der Waals surface area (Å²) in [6.45, 7) is 0.0664. The van der Waals surface area contributed by atoms with E-state index in [1.54, 1.807) is 6.26 Å². The Bertz CT molecular complexity index is 337. The van der Waals surface area contributed by atoms with Gasteiger partial charge < -0.3 is 0 Å².